The molecule has 2 fully saturated rings. The van der Waals surface area contributed by atoms with Crippen LogP contribution >= 0.6 is 0 Å². The molecule has 0 amide bonds. The third-order valence-electron chi connectivity index (χ3n) is 5.15. The first-order chi connectivity index (χ1) is 11.8. The highest BCUT2D eigenvalue weighted by Gasteiger charge is 2.46. The molecule has 0 aromatic heterocycles. The van der Waals surface area contributed by atoms with Gasteiger partial charge in [0.1, 0.15) is 5.82 Å². The summed E-state index contributed by atoms with van der Waals surface area (Å²) in [5.41, 5.74) is 0. The molecule has 140 valence electrons. The van der Waals surface area contributed by atoms with Crippen LogP contribution in [-0.2, 0) is 19.7 Å². The van der Waals surface area contributed by atoms with Gasteiger partial charge in [0, 0.05) is 12.1 Å². The second-order valence-corrected chi connectivity index (χ2v) is 11.4. The first-order valence-corrected chi connectivity index (χ1v) is 12.1. The summed E-state index contributed by atoms with van der Waals surface area (Å²) in [4.78, 5) is -0.0244. The SMILES string of the molecule is O=S1(=O)CC(NC2CCCCCC2)C(S(=O)(=O)c2ccc(F)cc2)C1. The lowest BCUT2D eigenvalue weighted by atomic mass is 10.1. The predicted octanol–water partition coefficient (Wildman–Crippen LogP) is 2.08. The highest BCUT2D eigenvalue weighted by atomic mass is 32.2. The second kappa shape index (κ2) is 7.32. The molecule has 3 rings (SSSR count). The number of rotatable bonds is 4. The van der Waals surface area contributed by atoms with E-state index in [1.807, 2.05) is 0 Å². The molecule has 1 aromatic carbocycles. The molecule has 25 heavy (non-hydrogen) atoms. The van der Waals surface area contributed by atoms with E-state index in [2.05, 4.69) is 5.32 Å². The molecule has 5 nitrogen and oxygen atoms in total. The quantitative estimate of drug-likeness (QED) is 0.630. The van der Waals surface area contributed by atoms with Crippen molar-refractivity contribution in [2.24, 2.45) is 0 Å². The number of hydrogen-bond donors (Lipinski definition) is 1. The van der Waals surface area contributed by atoms with Gasteiger partial charge >= 0.3 is 0 Å². The van der Waals surface area contributed by atoms with Gasteiger partial charge in [0.2, 0.25) is 0 Å². The smallest absolute Gasteiger partial charge is 0.183 e. The zero-order chi connectivity index (χ0) is 18.1. The highest BCUT2D eigenvalue weighted by molar-refractivity contribution is 7.96. The molecular formula is C17H24FNO4S2. The molecule has 0 bridgehead atoms. The van der Waals surface area contributed by atoms with Crippen LogP contribution in [0.15, 0.2) is 29.2 Å². The van der Waals surface area contributed by atoms with Gasteiger partial charge in [-0.25, -0.2) is 21.2 Å². The maximum atomic E-state index is 13.1. The average molecular weight is 390 g/mol. The minimum absolute atomic E-state index is 0.0244. The lowest BCUT2D eigenvalue weighted by molar-refractivity contribution is 0.408. The number of benzene rings is 1. The van der Waals surface area contributed by atoms with E-state index in [9.17, 15) is 21.2 Å². The minimum atomic E-state index is -3.84. The Bertz CT molecular complexity index is 798. The molecular weight excluding hydrogens is 365 g/mol. The molecule has 1 aliphatic carbocycles. The van der Waals surface area contributed by atoms with Gasteiger partial charge in [0.25, 0.3) is 0 Å². The summed E-state index contributed by atoms with van der Waals surface area (Å²) in [6.07, 6.45) is 6.37. The summed E-state index contributed by atoms with van der Waals surface area (Å²) in [5, 5.41) is 2.30. The van der Waals surface area contributed by atoms with Crippen molar-refractivity contribution in [1.82, 2.24) is 5.32 Å². The normalized spacial score (nSPS) is 27.9. The predicted molar refractivity (Wildman–Crippen MR) is 94.4 cm³/mol. The summed E-state index contributed by atoms with van der Waals surface area (Å²) in [5.74, 6) is -1.06. The van der Waals surface area contributed by atoms with Crippen LogP contribution in [0, 0.1) is 5.82 Å². The van der Waals surface area contributed by atoms with Gasteiger partial charge in [0.05, 0.1) is 21.7 Å². The van der Waals surface area contributed by atoms with Crippen LogP contribution in [0.1, 0.15) is 38.5 Å². The molecule has 2 aliphatic rings. The van der Waals surface area contributed by atoms with Crippen molar-refractivity contribution in [3.63, 3.8) is 0 Å². The molecule has 1 saturated carbocycles. The van der Waals surface area contributed by atoms with Crippen molar-refractivity contribution < 1.29 is 21.2 Å². The van der Waals surface area contributed by atoms with Crippen molar-refractivity contribution >= 4 is 19.7 Å². The molecule has 8 heteroatoms. The van der Waals surface area contributed by atoms with Gasteiger partial charge in [-0.1, -0.05) is 25.7 Å². The highest BCUT2D eigenvalue weighted by Crippen LogP contribution is 2.28. The van der Waals surface area contributed by atoms with Crippen LogP contribution in [0.25, 0.3) is 0 Å². The Morgan fingerprint density at radius 1 is 0.960 bits per heavy atom. The van der Waals surface area contributed by atoms with Gasteiger partial charge in [-0.2, -0.15) is 0 Å². The van der Waals surface area contributed by atoms with Crippen molar-refractivity contribution in [3.05, 3.63) is 30.1 Å². The Hall–Kier alpha value is -0.990. The molecule has 2 unspecified atom stereocenters. The van der Waals surface area contributed by atoms with Crippen molar-refractivity contribution in [3.8, 4) is 0 Å². The van der Waals surface area contributed by atoms with Gasteiger partial charge in [0.15, 0.2) is 19.7 Å². The Kier molecular flexibility index (Phi) is 5.51. The fourth-order valence-electron chi connectivity index (χ4n) is 3.82. The fourth-order valence-corrected chi connectivity index (χ4v) is 8.50. The van der Waals surface area contributed by atoms with E-state index in [1.54, 1.807) is 0 Å². The van der Waals surface area contributed by atoms with Gasteiger partial charge in [-0.15, -0.1) is 0 Å². The molecule has 1 N–H and O–H groups in total. The fraction of sp³-hybridized carbons (Fsp3) is 0.647. The van der Waals surface area contributed by atoms with Crippen molar-refractivity contribution in [2.75, 3.05) is 11.5 Å². The Balaban J connectivity index is 1.84. The molecule has 2 atom stereocenters. The number of nitrogens with one attached hydrogen (secondary N) is 1. The zero-order valence-electron chi connectivity index (χ0n) is 14.0. The van der Waals surface area contributed by atoms with E-state index in [1.165, 1.54) is 25.0 Å². The largest absolute Gasteiger partial charge is 0.309 e. The summed E-state index contributed by atoms with van der Waals surface area (Å²) < 4.78 is 63.2. The van der Waals surface area contributed by atoms with Gasteiger partial charge in [-0.3, -0.25) is 0 Å². The molecule has 1 saturated heterocycles. The molecule has 1 aromatic rings. The second-order valence-electron chi connectivity index (χ2n) is 7.08. The maximum absolute atomic E-state index is 13.1. The number of sulfone groups is 2. The Morgan fingerprint density at radius 3 is 2.16 bits per heavy atom. The van der Waals surface area contributed by atoms with Gasteiger partial charge < -0.3 is 5.32 Å². The topological polar surface area (TPSA) is 80.3 Å². The summed E-state index contributed by atoms with van der Waals surface area (Å²) in [7, 11) is -7.26. The summed E-state index contributed by atoms with van der Waals surface area (Å²) in [6.45, 7) is 0. The van der Waals surface area contributed by atoms with E-state index in [0.29, 0.717) is 0 Å². The van der Waals surface area contributed by atoms with Crippen LogP contribution in [0.2, 0.25) is 0 Å². The lowest BCUT2D eigenvalue weighted by Crippen LogP contribution is -2.47. The van der Waals surface area contributed by atoms with Crippen LogP contribution in [-0.4, -0.2) is 45.7 Å². The van der Waals surface area contributed by atoms with Crippen molar-refractivity contribution in [1.29, 1.82) is 0 Å². The van der Waals surface area contributed by atoms with Crippen LogP contribution < -0.4 is 5.32 Å². The molecule has 0 radical (unpaired) electrons. The van der Waals surface area contributed by atoms with Crippen LogP contribution in [0.5, 0.6) is 0 Å². The first kappa shape index (κ1) is 18.8. The Labute approximate surface area is 148 Å². The van der Waals surface area contributed by atoms with Crippen molar-refractivity contribution in [2.45, 2.75) is 60.8 Å². The lowest BCUT2D eigenvalue weighted by Gasteiger charge is -2.25. The number of halogens is 1. The monoisotopic (exact) mass is 389 g/mol. The Morgan fingerprint density at radius 2 is 1.56 bits per heavy atom. The molecule has 1 heterocycles. The van der Waals surface area contributed by atoms with Crippen LogP contribution in [0.3, 0.4) is 0 Å². The third kappa shape index (κ3) is 4.41. The average Bonchev–Trinajstić information content (AvgIpc) is 2.72. The van der Waals surface area contributed by atoms with E-state index in [0.717, 1.165) is 37.8 Å². The summed E-state index contributed by atoms with van der Waals surface area (Å²) >= 11 is 0. The minimum Gasteiger partial charge on any atom is -0.309 e. The number of hydrogen-bond acceptors (Lipinski definition) is 5. The van der Waals surface area contributed by atoms with E-state index >= 15 is 0 Å². The molecule has 1 aliphatic heterocycles. The third-order valence-corrected chi connectivity index (χ3v) is 9.31. The standard InChI is InChI=1S/C17H24FNO4S2/c18-13-7-9-15(10-8-13)25(22,23)17-12-24(20,21)11-16(17)19-14-5-3-1-2-4-6-14/h7-10,14,16-17,19H,1-6,11-12H2. The zero-order valence-corrected chi connectivity index (χ0v) is 15.7. The summed E-state index contributed by atoms with van der Waals surface area (Å²) in [6, 6.07) is 4.14. The van der Waals surface area contributed by atoms with E-state index < -0.39 is 36.8 Å². The van der Waals surface area contributed by atoms with Gasteiger partial charge in [-0.05, 0) is 37.1 Å². The maximum Gasteiger partial charge on any atom is 0.183 e. The first-order valence-electron chi connectivity index (χ1n) is 8.74. The molecule has 0 spiro atoms. The van der Waals surface area contributed by atoms with E-state index in [4.69, 9.17) is 0 Å². The van der Waals surface area contributed by atoms with Crippen LogP contribution in [0.4, 0.5) is 4.39 Å². The van der Waals surface area contributed by atoms with E-state index in [-0.39, 0.29) is 22.4 Å².